The van der Waals surface area contributed by atoms with Crippen LogP contribution in [0.15, 0.2) is 71.9 Å². The molecule has 0 spiro atoms. The number of aliphatic imine (C=N–C) groups is 1. The van der Waals surface area contributed by atoms with E-state index in [9.17, 15) is 9.18 Å². The van der Waals surface area contributed by atoms with Crippen LogP contribution in [-0.2, 0) is 6.54 Å². The Balaban J connectivity index is 1.86. The first-order valence-electron chi connectivity index (χ1n) is 8.98. The van der Waals surface area contributed by atoms with Gasteiger partial charge in [-0.05, 0) is 61.0 Å². The number of aromatic nitrogens is 1. The maximum atomic E-state index is 13.1. The number of pyridine rings is 1. The average molecular weight is 392 g/mol. The van der Waals surface area contributed by atoms with Gasteiger partial charge < -0.3 is 10.1 Å². The van der Waals surface area contributed by atoms with Crippen molar-refractivity contribution in [1.82, 2.24) is 10.3 Å². The van der Waals surface area contributed by atoms with E-state index in [0.29, 0.717) is 17.0 Å². The first-order valence-corrected chi connectivity index (χ1v) is 8.98. The molecule has 1 amide bonds. The number of amides is 1. The van der Waals surface area contributed by atoms with E-state index in [0.717, 1.165) is 11.3 Å². The summed E-state index contributed by atoms with van der Waals surface area (Å²) in [5.41, 5.74) is 2.74. The molecule has 2 aromatic carbocycles. The van der Waals surface area contributed by atoms with Crippen molar-refractivity contribution >= 4 is 17.6 Å². The molecule has 148 valence electrons. The molecular formula is C22H21FN4O2. The Hall–Kier alpha value is -3.74. The molecule has 2 N–H and O–H groups in total. The lowest BCUT2D eigenvalue weighted by Crippen LogP contribution is -2.36. The molecule has 6 nitrogen and oxygen atoms in total. The first kappa shape index (κ1) is 20.0. The fourth-order valence-electron chi connectivity index (χ4n) is 2.59. The van der Waals surface area contributed by atoms with Gasteiger partial charge in [0.05, 0.1) is 25.0 Å². The summed E-state index contributed by atoms with van der Waals surface area (Å²) in [6, 6.07) is 16.5. The number of benzene rings is 2. The van der Waals surface area contributed by atoms with Gasteiger partial charge in [-0.25, -0.2) is 9.38 Å². The number of methoxy groups -OCH3 is 1. The minimum atomic E-state index is -0.413. The summed E-state index contributed by atoms with van der Waals surface area (Å²) >= 11 is 0. The number of nitrogens with one attached hydrogen (secondary N) is 2. The SMILES string of the molecule is COc1ccc(C)cc1NC(=NCc1ccccn1)NC(=O)c1ccc(F)cc1. The lowest BCUT2D eigenvalue weighted by molar-refractivity contribution is 0.0977. The van der Waals surface area contributed by atoms with Crippen molar-refractivity contribution in [3.8, 4) is 5.75 Å². The van der Waals surface area contributed by atoms with Gasteiger partial charge in [-0.1, -0.05) is 12.1 Å². The number of hydrogen-bond donors (Lipinski definition) is 2. The molecule has 29 heavy (non-hydrogen) atoms. The highest BCUT2D eigenvalue weighted by molar-refractivity contribution is 6.10. The molecule has 0 radical (unpaired) electrons. The third kappa shape index (κ3) is 5.62. The molecule has 0 atom stereocenters. The number of hydrogen-bond acceptors (Lipinski definition) is 4. The van der Waals surface area contributed by atoms with Crippen LogP contribution in [0.4, 0.5) is 10.1 Å². The van der Waals surface area contributed by atoms with Crippen LogP contribution >= 0.6 is 0 Å². The molecule has 0 bridgehead atoms. The van der Waals surface area contributed by atoms with Crippen LogP contribution in [0.2, 0.25) is 0 Å². The average Bonchev–Trinajstić information content (AvgIpc) is 2.73. The Labute approximate surface area is 168 Å². The molecule has 0 aliphatic heterocycles. The molecule has 0 saturated carbocycles. The third-order valence-corrected chi connectivity index (χ3v) is 4.07. The van der Waals surface area contributed by atoms with Gasteiger partial charge >= 0.3 is 0 Å². The van der Waals surface area contributed by atoms with E-state index in [1.54, 1.807) is 13.3 Å². The predicted molar refractivity (Wildman–Crippen MR) is 111 cm³/mol. The molecule has 1 aromatic heterocycles. The standard InChI is InChI=1S/C22H21FN4O2/c1-15-6-11-20(29-2)19(13-15)26-22(25-14-18-5-3-4-12-24-18)27-21(28)16-7-9-17(23)10-8-16/h3-13H,14H2,1-2H3,(H2,25,26,27,28). The molecule has 0 aliphatic carbocycles. The summed E-state index contributed by atoms with van der Waals surface area (Å²) in [5, 5.41) is 5.85. The molecule has 0 saturated heterocycles. The summed E-state index contributed by atoms with van der Waals surface area (Å²) in [6.45, 7) is 2.22. The molecule has 3 rings (SSSR count). The fraction of sp³-hybridized carbons (Fsp3) is 0.136. The number of nitrogens with zero attached hydrogens (tertiary/aromatic N) is 2. The fourth-order valence-corrected chi connectivity index (χ4v) is 2.59. The van der Waals surface area contributed by atoms with Crippen molar-refractivity contribution in [3.63, 3.8) is 0 Å². The number of rotatable bonds is 5. The van der Waals surface area contributed by atoms with Gasteiger partial charge in [0.25, 0.3) is 5.91 Å². The van der Waals surface area contributed by atoms with Crippen molar-refractivity contribution in [2.75, 3.05) is 12.4 Å². The third-order valence-electron chi connectivity index (χ3n) is 4.07. The number of ether oxygens (including phenoxy) is 1. The maximum absolute atomic E-state index is 13.1. The Morgan fingerprint density at radius 3 is 2.62 bits per heavy atom. The largest absolute Gasteiger partial charge is 0.495 e. The Morgan fingerprint density at radius 1 is 1.14 bits per heavy atom. The Bertz CT molecular complexity index is 1010. The zero-order chi connectivity index (χ0) is 20.6. The van der Waals surface area contributed by atoms with Crippen LogP contribution in [0.5, 0.6) is 5.75 Å². The predicted octanol–water partition coefficient (Wildman–Crippen LogP) is 3.94. The van der Waals surface area contributed by atoms with Crippen molar-refractivity contribution in [1.29, 1.82) is 0 Å². The van der Waals surface area contributed by atoms with E-state index in [4.69, 9.17) is 4.74 Å². The van der Waals surface area contributed by atoms with Gasteiger partial charge in [-0.15, -0.1) is 0 Å². The second-order valence-electron chi connectivity index (χ2n) is 6.28. The van der Waals surface area contributed by atoms with Crippen molar-refractivity contribution in [2.24, 2.45) is 4.99 Å². The van der Waals surface area contributed by atoms with Crippen molar-refractivity contribution in [3.05, 3.63) is 89.5 Å². The Morgan fingerprint density at radius 2 is 1.93 bits per heavy atom. The number of carbonyl (C=O) groups is 1. The van der Waals surface area contributed by atoms with Gasteiger partial charge in [0.15, 0.2) is 0 Å². The maximum Gasteiger partial charge on any atom is 0.257 e. The minimum Gasteiger partial charge on any atom is -0.495 e. The van der Waals surface area contributed by atoms with E-state index in [1.165, 1.54) is 24.3 Å². The van der Waals surface area contributed by atoms with E-state index < -0.39 is 11.7 Å². The zero-order valence-electron chi connectivity index (χ0n) is 16.1. The molecule has 0 aliphatic rings. The Kier molecular flexibility index (Phi) is 6.52. The molecule has 0 fully saturated rings. The van der Waals surface area contributed by atoms with Crippen LogP contribution in [0.3, 0.4) is 0 Å². The molecule has 7 heteroatoms. The van der Waals surface area contributed by atoms with Gasteiger partial charge in [-0.3, -0.25) is 15.1 Å². The number of halogens is 1. The smallest absolute Gasteiger partial charge is 0.257 e. The van der Waals surface area contributed by atoms with Gasteiger partial charge in [-0.2, -0.15) is 0 Å². The van der Waals surface area contributed by atoms with Gasteiger partial charge in [0, 0.05) is 11.8 Å². The molecule has 0 unspecified atom stereocenters. The lowest BCUT2D eigenvalue weighted by Gasteiger charge is -2.15. The second kappa shape index (κ2) is 9.45. The van der Waals surface area contributed by atoms with Gasteiger partial charge in [0.1, 0.15) is 11.6 Å². The monoisotopic (exact) mass is 392 g/mol. The second-order valence-corrected chi connectivity index (χ2v) is 6.28. The zero-order valence-corrected chi connectivity index (χ0v) is 16.1. The molecule has 3 aromatic rings. The van der Waals surface area contributed by atoms with Gasteiger partial charge in [0.2, 0.25) is 5.96 Å². The van der Waals surface area contributed by atoms with Crippen molar-refractivity contribution in [2.45, 2.75) is 13.5 Å². The highest BCUT2D eigenvalue weighted by Crippen LogP contribution is 2.25. The summed E-state index contributed by atoms with van der Waals surface area (Å²) in [7, 11) is 1.57. The van der Waals surface area contributed by atoms with Crippen LogP contribution in [0.25, 0.3) is 0 Å². The van der Waals surface area contributed by atoms with E-state index >= 15 is 0 Å². The normalized spacial score (nSPS) is 11.1. The highest BCUT2D eigenvalue weighted by Gasteiger charge is 2.12. The van der Waals surface area contributed by atoms with Crippen LogP contribution in [-0.4, -0.2) is 24.0 Å². The minimum absolute atomic E-state index is 0.230. The van der Waals surface area contributed by atoms with Crippen LogP contribution < -0.4 is 15.4 Å². The summed E-state index contributed by atoms with van der Waals surface area (Å²) < 4.78 is 18.5. The highest BCUT2D eigenvalue weighted by atomic mass is 19.1. The topological polar surface area (TPSA) is 75.6 Å². The number of carbonyl (C=O) groups excluding carboxylic acids is 1. The quantitative estimate of drug-likeness (QED) is 0.509. The summed E-state index contributed by atoms with van der Waals surface area (Å²) in [6.07, 6.45) is 1.68. The van der Waals surface area contributed by atoms with Crippen LogP contribution in [0, 0.1) is 12.7 Å². The summed E-state index contributed by atoms with van der Waals surface area (Å²) in [4.78, 5) is 21.3. The molecule has 1 heterocycles. The van der Waals surface area contributed by atoms with E-state index in [2.05, 4.69) is 20.6 Å². The molecular weight excluding hydrogens is 371 g/mol. The van der Waals surface area contributed by atoms with Crippen LogP contribution in [0.1, 0.15) is 21.6 Å². The number of guanidine groups is 1. The van der Waals surface area contributed by atoms with E-state index in [1.807, 2.05) is 43.3 Å². The van der Waals surface area contributed by atoms with E-state index in [-0.39, 0.29) is 12.5 Å². The van der Waals surface area contributed by atoms with Crippen molar-refractivity contribution < 1.29 is 13.9 Å². The first-order chi connectivity index (χ1) is 14.0. The number of aryl methyl sites for hydroxylation is 1. The number of anilines is 1. The summed E-state index contributed by atoms with van der Waals surface area (Å²) in [5.74, 6) is 0.0168. The lowest BCUT2D eigenvalue weighted by atomic mass is 10.2.